The van der Waals surface area contributed by atoms with Crippen LogP contribution in [0.2, 0.25) is 5.02 Å². The van der Waals surface area contributed by atoms with E-state index in [4.69, 9.17) is 16.7 Å². The van der Waals surface area contributed by atoms with Gasteiger partial charge >= 0.3 is 0 Å². The molecule has 1 aliphatic heterocycles. The molecule has 1 atom stereocenters. The summed E-state index contributed by atoms with van der Waals surface area (Å²) in [5.41, 5.74) is 1.38. The van der Waals surface area contributed by atoms with Crippen LogP contribution < -0.4 is 15.2 Å². The molecule has 4 N–H and O–H groups in total. The molecule has 0 spiro atoms. The first-order valence-electron chi connectivity index (χ1n) is 7.44. The molecule has 7 nitrogen and oxygen atoms in total. The van der Waals surface area contributed by atoms with Crippen LogP contribution in [0.3, 0.4) is 0 Å². The zero-order chi connectivity index (χ0) is 18.9. The highest BCUT2D eigenvalue weighted by Gasteiger charge is 2.31. The number of thioether (sulfide) groups is 1. The van der Waals surface area contributed by atoms with Gasteiger partial charge in [-0.15, -0.1) is 0 Å². The third-order valence-electron chi connectivity index (χ3n) is 3.65. The summed E-state index contributed by atoms with van der Waals surface area (Å²) in [6, 6.07) is 12.0. The first-order valence-corrected chi connectivity index (χ1v) is 12.0. The van der Waals surface area contributed by atoms with E-state index in [9.17, 15) is 16.8 Å². The summed E-state index contributed by atoms with van der Waals surface area (Å²) in [5.74, 6) is 1.21. The van der Waals surface area contributed by atoms with E-state index < -0.39 is 31.1 Å². The highest BCUT2D eigenvalue weighted by molar-refractivity contribution is 7.98. The van der Waals surface area contributed by atoms with Crippen LogP contribution in [0.5, 0.6) is 0 Å². The minimum absolute atomic E-state index is 0.133. The molecule has 0 fully saturated rings. The normalized spacial score (nSPS) is 18.8. The molecule has 1 aliphatic rings. The number of halogens is 1. The van der Waals surface area contributed by atoms with Gasteiger partial charge in [-0.3, -0.25) is 0 Å². The third kappa shape index (κ3) is 4.33. The molecule has 0 radical (unpaired) electrons. The van der Waals surface area contributed by atoms with Gasteiger partial charge in [0.1, 0.15) is 9.79 Å². The quantitative estimate of drug-likeness (QED) is 0.663. The molecule has 0 unspecified atom stereocenters. The number of hydrogen-bond donors (Lipinski definition) is 3. The zero-order valence-electron chi connectivity index (χ0n) is 13.3. The van der Waals surface area contributed by atoms with E-state index in [1.165, 1.54) is 6.07 Å². The maximum Gasteiger partial charge on any atom is 0.244 e. The lowest BCUT2D eigenvalue weighted by atomic mass is 10.2. The second-order valence-corrected chi connectivity index (χ2v) is 10.3. The van der Waals surface area contributed by atoms with Gasteiger partial charge in [-0.05, 0) is 17.7 Å². The van der Waals surface area contributed by atoms with Crippen molar-refractivity contribution in [3.8, 4) is 0 Å². The fraction of sp³-hybridized carbons (Fsp3) is 0.200. The molecule has 0 aliphatic carbocycles. The first kappa shape index (κ1) is 19.5. The Morgan fingerprint density at radius 1 is 1.19 bits per heavy atom. The molecule has 0 aromatic heterocycles. The van der Waals surface area contributed by atoms with Gasteiger partial charge in [-0.25, -0.2) is 22.0 Å². The van der Waals surface area contributed by atoms with Gasteiger partial charge < -0.3 is 5.32 Å². The van der Waals surface area contributed by atoms with Crippen LogP contribution in [0, 0.1) is 0 Å². The molecule has 140 valence electrons. The second kappa shape index (κ2) is 7.37. The van der Waals surface area contributed by atoms with Crippen molar-refractivity contribution in [2.75, 3.05) is 11.1 Å². The zero-order valence-corrected chi connectivity index (χ0v) is 16.6. The van der Waals surface area contributed by atoms with Crippen molar-refractivity contribution in [1.29, 1.82) is 0 Å². The predicted molar refractivity (Wildman–Crippen MR) is 103 cm³/mol. The number of anilines is 1. The smallest absolute Gasteiger partial charge is 0.244 e. The van der Waals surface area contributed by atoms with E-state index in [0.29, 0.717) is 5.75 Å². The van der Waals surface area contributed by atoms with Crippen molar-refractivity contribution in [2.45, 2.75) is 21.7 Å². The topological polar surface area (TPSA) is 118 Å². The molecule has 0 bridgehead atoms. The minimum Gasteiger partial charge on any atom is -0.367 e. The summed E-state index contributed by atoms with van der Waals surface area (Å²) < 4.78 is 50.5. The van der Waals surface area contributed by atoms with Crippen LogP contribution in [0.25, 0.3) is 0 Å². The van der Waals surface area contributed by atoms with Crippen LogP contribution in [0.15, 0.2) is 52.3 Å². The van der Waals surface area contributed by atoms with Crippen molar-refractivity contribution in [3.63, 3.8) is 0 Å². The predicted octanol–water partition coefficient (Wildman–Crippen LogP) is 1.95. The number of sulfonamides is 2. The van der Waals surface area contributed by atoms with Gasteiger partial charge in [0.25, 0.3) is 0 Å². The lowest BCUT2D eigenvalue weighted by Crippen LogP contribution is -2.46. The van der Waals surface area contributed by atoms with Gasteiger partial charge in [0, 0.05) is 11.5 Å². The summed E-state index contributed by atoms with van der Waals surface area (Å²) >= 11 is 7.51. The standard InChI is InChI=1S/C15H16ClN3O4S3/c16-11-6-12-14(7-13(11)25(17,20)21)26(22,23)19-15(18-12)9-24-8-10-4-2-1-3-5-10/h1-7,15,18-19H,8-9H2,(H2,17,20,21)/t15-/m0/s1. The van der Waals surface area contributed by atoms with Crippen LogP contribution in [-0.2, 0) is 25.8 Å². The highest BCUT2D eigenvalue weighted by atomic mass is 35.5. The Morgan fingerprint density at radius 3 is 2.54 bits per heavy atom. The van der Waals surface area contributed by atoms with E-state index in [0.717, 1.165) is 17.4 Å². The van der Waals surface area contributed by atoms with E-state index >= 15 is 0 Å². The van der Waals surface area contributed by atoms with E-state index in [-0.39, 0.29) is 15.6 Å². The molecule has 1 heterocycles. The van der Waals surface area contributed by atoms with Gasteiger partial charge in [0.15, 0.2) is 0 Å². The van der Waals surface area contributed by atoms with Crippen molar-refractivity contribution >= 4 is 49.1 Å². The van der Waals surface area contributed by atoms with Crippen molar-refractivity contribution in [1.82, 2.24) is 4.72 Å². The molecule has 11 heteroatoms. The van der Waals surface area contributed by atoms with Gasteiger partial charge in [-0.1, -0.05) is 41.9 Å². The number of fused-ring (bicyclic) bond motifs is 1. The Labute approximate surface area is 161 Å². The Kier molecular flexibility index (Phi) is 5.52. The van der Waals surface area contributed by atoms with Crippen LogP contribution >= 0.6 is 23.4 Å². The lowest BCUT2D eigenvalue weighted by molar-refractivity contribution is 0.566. The molecule has 2 aromatic rings. The van der Waals surface area contributed by atoms with Crippen LogP contribution in [-0.4, -0.2) is 28.8 Å². The van der Waals surface area contributed by atoms with Crippen LogP contribution in [0.4, 0.5) is 5.69 Å². The maximum absolute atomic E-state index is 12.5. The molecule has 0 saturated heterocycles. The van der Waals surface area contributed by atoms with E-state index in [2.05, 4.69) is 10.0 Å². The number of hydrogen-bond acceptors (Lipinski definition) is 6. The fourth-order valence-corrected chi connectivity index (χ4v) is 6.05. The third-order valence-corrected chi connectivity index (χ3v) is 7.65. The fourth-order valence-electron chi connectivity index (χ4n) is 2.50. The molecule has 3 rings (SSSR count). The Hall–Kier alpha value is -1.30. The van der Waals surface area contributed by atoms with Gasteiger partial charge in [0.05, 0.1) is 16.9 Å². The summed E-state index contributed by atoms with van der Waals surface area (Å²) in [7, 11) is -8.02. The first-order chi connectivity index (χ1) is 12.2. The Balaban J connectivity index is 1.79. The van der Waals surface area contributed by atoms with Crippen LogP contribution in [0.1, 0.15) is 5.56 Å². The average Bonchev–Trinajstić information content (AvgIpc) is 2.53. The summed E-state index contributed by atoms with van der Waals surface area (Å²) in [4.78, 5) is -0.628. The molecule has 26 heavy (non-hydrogen) atoms. The Bertz CT molecular complexity index is 1030. The van der Waals surface area contributed by atoms with E-state index in [1.54, 1.807) is 11.8 Å². The van der Waals surface area contributed by atoms with Crippen molar-refractivity contribution in [3.05, 3.63) is 53.1 Å². The second-order valence-electron chi connectivity index (χ2n) is 5.64. The maximum atomic E-state index is 12.5. The molecule has 2 aromatic carbocycles. The number of nitrogens with two attached hydrogens (primary N) is 1. The van der Waals surface area contributed by atoms with Crippen molar-refractivity contribution in [2.24, 2.45) is 5.14 Å². The van der Waals surface area contributed by atoms with Gasteiger partial charge in [0.2, 0.25) is 20.0 Å². The van der Waals surface area contributed by atoms with Crippen molar-refractivity contribution < 1.29 is 16.8 Å². The number of nitrogens with one attached hydrogen (secondary N) is 2. The minimum atomic E-state index is -4.13. The molecular weight excluding hydrogens is 418 g/mol. The monoisotopic (exact) mass is 433 g/mol. The average molecular weight is 434 g/mol. The number of rotatable bonds is 5. The SMILES string of the molecule is NS(=O)(=O)c1cc2c(cc1Cl)N[C@H](CSCc1ccccc1)NS2(=O)=O. The molecule has 0 saturated carbocycles. The molecular formula is C15H16ClN3O4S3. The largest absolute Gasteiger partial charge is 0.367 e. The number of primary sulfonamides is 1. The number of benzene rings is 2. The summed E-state index contributed by atoms with van der Waals surface area (Å²) in [6.07, 6.45) is -0.544. The van der Waals surface area contributed by atoms with Gasteiger partial charge in [-0.2, -0.15) is 16.5 Å². The molecule has 0 amide bonds. The summed E-state index contributed by atoms with van der Waals surface area (Å²) in [5, 5.41) is 7.97. The summed E-state index contributed by atoms with van der Waals surface area (Å²) in [6.45, 7) is 0. The lowest BCUT2D eigenvalue weighted by Gasteiger charge is -2.28. The Morgan fingerprint density at radius 2 is 1.88 bits per heavy atom. The van der Waals surface area contributed by atoms with E-state index in [1.807, 2.05) is 30.3 Å². The highest BCUT2D eigenvalue weighted by Crippen LogP contribution is 2.34.